The Kier molecular flexibility index (Phi) is 4.32. The van der Waals surface area contributed by atoms with Gasteiger partial charge in [0.2, 0.25) is 5.91 Å². The number of carbonyl (C=O) groups is 1. The molecule has 0 bridgehead atoms. The van der Waals surface area contributed by atoms with Crippen molar-refractivity contribution in [3.05, 3.63) is 58.2 Å². The number of carbonyl (C=O) groups excluding carboxylic acids is 1. The zero-order valence-electron chi connectivity index (χ0n) is 17.1. The molecule has 1 aliphatic rings. The van der Waals surface area contributed by atoms with Gasteiger partial charge in [0.05, 0.1) is 11.4 Å². The first-order chi connectivity index (χ1) is 14.9. The van der Waals surface area contributed by atoms with E-state index in [9.17, 15) is 9.59 Å². The van der Waals surface area contributed by atoms with E-state index in [1.807, 2.05) is 26.0 Å². The maximum atomic E-state index is 13.0. The Morgan fingerprint density at radius 1 is 1.29 bits per heavy atom. The van der Waals surface area contributed by atoms with E-state index in [1.54, 1.807) is 33.4 Å². The van der Waals surface area contributed by atoms with Crippen molar-refractivity contribution >= 4 is 22.8 Å². The van der Waals surface area contributed by atoms with Crippen molar-refractivity contribution in [2.24, 2.45) is 0 Å². The lowest BCUT2D eigenvalue weighted by Gasteiger charge is -2.12. The van der Waals surface area contributed by atoms with Crippen LogP contribution in [0.4, 0.5) is 5.69 Å². The zero-order valence-corrected chi connectivity index (χ0v) is 17.1. The second-order valence-corrected chi connectivity index (χ2v) is 8.09. The Hall–Kier alpha value is -4.00. The largest absolute Gasteiger partial charge is 0.323 e. The molecule has 1 amide bonds. The molecule has 4 aromatic rings. The molecule has 31 heavy (non-hydrogen) atoms. The van der Waals surface area contributed by atoms with Gasteiger partial charge in [-0.05, 0) is 31.0 Å². The topological polar surface area (TPSA) is 122 Å². The molecule has 1 N–H and O–H groups in total. The summed E-state index contributed by atoms with van der Waals surface area (Å²) in [6.07, 6.45) is 5.42. The van der Waals surface area contributed by atoms with Crippen LogP contribution in [0.1, 0.15) is 55.7 Å². The van der Waals surface area contributed by atoms with Crippen LogP contribution in [0.3, 0.4) is 0 Å². The third-order valence-electron chi connectivity index (χ3n) is 5.28. The monoisotopic (exact) mass is 416 g/mol. The average molecular weight is 416 g/mol. The number of aromatic nitrogens is 6. The fourth-order valence-corrected chi connectivity index (χ4v) is 3.57. The molecule has 1 saturated carbocycles. The second-order valence-electron chi connectivity index (χ2n) is 8.09. The Bertz CT molecular complexity index is 1430. The summed E-state index contributed by atoms with van der Waals surface area (Å²) in [6, 6.07) is 7.20. The highest BCUT2D eigenvalue weighted by molar-refractivity contribution is 5.90. The molecule has 0 saturated heterocycles. The van der Waals surface area contributed by atoms with Crippen LogP contribution in [0.2, 0.25) is 0 Å². The van der Waals surface area contributed by atoms with Crippen LogP contribution in [0.5, 0.6) is 0 Å². The van der Waals surface area contributed by atoms with Crippen LogP contribution in [0, 0.1) is 11.3 Å². The molecule has 0 radical (unpaired) electrons. The third kappa shape index (κ3) is 3.44. The molecule has 156 valence electrons. The van der Waals surface area contributed by atoms with Gasteiger partial charge in [0, 0.05) is 24.2 Å². The van der Waals surface area contributed by atoms with Gasteiger partial charge in [0.1, 0.15) is 23.8 Å². The maximum absolute atomic E-state index is 13.0. The number of imidazole rings is 1. The summed E-state index contributed by atoms with van der Waals surface area (Å²) in [7, 11) is 0. The number of nitrogens with zero attached hydrogens (tertiary/aromatic N) is 7. The molecule has 0 aliphatic heterocycles. The summed E-state index contributed by atoms with van der Waals surface area (Å²) in [5, 5.41) is 20.8. The fraction of sp³-hybridized carbons (Fsp3) is 0.333. The van der Waals surface area contributed by atoms with Crippen LogP contribution in [-0.2, 0) is 11.3 Å². The van der Waals surface area contributed by atoms with E-state index >= 15 is 0 Å². The van der Waals surface area contributed by atoms with Crippen molar-refractivity contribution in [2.45, 2.75) is 45.1 Å². The van der Waals surface area contributed by atoms with Gasteiger partial charge in [-0.15, -0.1) is 0 Å². The first-order valence-corrected chi connectivity index (χ1v) is 10.1. The first-order valence-electron chi connectivity index (χ1n) is 10.1. The second kappa shape index (κ2) is 7.05. The average Bonchev–Trinajstić information content (AvgIpc) is 3.35. The van der Waals surface area contributed by atoms with Crippen molar-refractivity contribution in [1.82, 2.24) is 28.8 Å². The van der Waals surface area contributed by atoms with E-state index in [1.165, 1.54) is 4.68 Å². The minimum atomic E-state index is -0.379. The van der Waals surface area contributed by atoms with E-state index in [0.29, 0.717) is 34.3 Å². The van der Waals surface area contributed by atoms with Crippen LogP contribution in [0.25, 0.3) is 11.2 Å². The van der Waals surface area contributed by atoms with Crippen LogP contribution >= 0.6 is 0 Å². The van der Waals surface area contributed by atoms with Crippen molar-refractivity contribution in [2.75, 3.05) is 5.32 Å². The summed E-state index contributed by atoms with van der Waals surface area (Å²) in [6.45, 7) is 3.74. The quantitative estimate of drug-likeness (QED) is 0.531. The predicted molar refractivity (Wildman–Crippen MR) is 112 cm³/mol. The van der Waals surface area contributed by atoms with Crippen molar-refractivity contribution in [1.29, 1.82) is 5.26 Å². The lowest BCUT2D eigenvalue weighted by Crippen LogP contribution is -2.32. The molecule has 5 rings (SSSR count). The number of rotatable bonds is 5. The Morgan fingerprint density at radius 2 is 2.10 bits per heavy atom. The van der Waals surface area contributed by atoms with Gasteiger partial charge in [-0.1, -0.05) is 13.8 Å². The number of nitrogens with one attached hydrogen (secondary N) is 1. The minimum absolute atomic E-state index is 0.0299. The van der Waals surface area contributed by atoms with E-state index in [4.69, 9.17) is 5.26 Å². The highest BCUT2D eigenvalue weighted by Gasteiger charge is 2.28. The highest BCUT2D eigenvalue weighted by atomic mass is 16.2. The molecule has 4 aromatic heterocycles. The first kappa shape index (κ1) is 19.0. The molecule has 0 spiro atoms. The molecular weight excluding hydrogens is 396 g/mol. The smallest absolute Gasteiger partial charge is 0.293 e. The number of anilines is 1. The van der Waals surface area contributed by atoms with Crippen LogP contribution in [0.15, 0.2) is 35.4 Å². The molecule has 0 atom stereocenters. The van der Waals surface area contributed by atoms with E-state index < -0.39 is 0 Å². The van der Waals surface area contributed by atoms with Gasteiger partial charge in [-0.25, -0.2) is 14.2 Å². The van der Waals surface area contributed by atoms with Crippen LogP contribution in [-0.4, -0.2) is 34.7 Å². The Morgan fingerprint density at radius 3 is 2.81 bits per heavy atom. The van der Waals surface area contributed by atoms with Crippen molar-refractivity contribution in [3.63, 3.8) is 0 Å². The van der Waals surface area contributed by atoms with E-state index in [0.717, 1.165) is 18.5 Å². The predicted octanol–water partition coefficient (Wildman–Crippen LogP) is 2.05. The summed E-state index contributed by atoms with van der Waals surface area (Å²) >= 11 is 0. The summed E-state index contributed by atoms with van der Waals surface area (Å²) < 4.78 is 4.48. The van der Waals surface area contributed by atoms with Crippen molar-refractivity contribution < 1.29 is 4.79 Å². The minimum Gasteiger partial charge on any atom is -0.323 e. The number of nitriles is 1. The van der Waals surface area contributed by atoms with Gasteiger partial charge in [-0.3, -0.25) is 9.59 Å². The summed E-state index contributed by atoms with van der Waals surface area (Å²) in [5.41, 5.74) is 2.43. The van der Waals surface area contributed by atoms with Gasteiger partial charge in [0.25, 0.3) is 5.56 Å². The highest BCUT2D eigenvalue weighted by Crippen LogP contribution is 2.39. The Balaban J connectivity index is 1.44. The molecule has 0 unspecified atom stereocenters. The van der Waals surface area contributed by atoms with Gasteiger partial charge < -0.3 is 9.72 Å². The molecule has 1 fully saturated rings. The van der Waals surface area contributed by atoms with Crippen molar-refractivity contribution in [3.8, 4) is 6.07 Å². The van der Waals surface area contributed by atoms with Gasteiger partial charge >= 0.3 is 0 Å². The lowest BCUT2D eigenvalue weighted by atomic mass is 10.2. The maximum Gasteiger partial charge on any atom is 0.293 e. The number of amides is 1. The standard InChI is InChI=1S/C21H20N8O2/c1-12(2)20-26-28(21(31)17-7-16(13-3-4-13)25-29(17)20)11-19(30)24-14-5-6-18-23-15(8-22)10-27(18)9-14/h5-7,9-10,12-13H,3-4,11H2,1-2H3,(H,24,30). The van der Waals surface area contributed by atoms with E-state index in [2.05, 4.69) is 20.5 Å². The van der Waals surface area contributed by atoms with Gasteiger partial charge in [-0.2, -0.15) is 15.5 Å². The molecule has 4 heterocycles. The van der Waals surface area contributed by atoms with Gasteiger partial charge in [0.15, 0.2) is 11.5 Å². The number of fused-ring (bicyclic) bond motifs is 2. The van der Waals surface area contributed by atoms with E-state index in [-0.39, 0.29) is 23.9 Å². The number of hydrogen-bond donors (Lipinski definition) is 1. The molecular formula is C21H20N8O2. The molecule has 10 heteroatoms. The lowest BCUT2D eigenvalue weighted by molar-refractivity contribution is -0.117. The summed E-state index contributed by atoms with van der Waals surface area (Å²) in [5.74, 6) is 0.701. The Labute approximate surface area is 176 Å². The normalized spacial score (nSPS) is 13.7. The molecule has 0 aromatic carbocycles. The fourth-order valence-electron chi connectivity index (χ4n) is 3.57. The number of hydrogen-bond acceptors (Lipinski definition) is 6. The number of pyridine rings is 1. The third-order valence-corrected chi connectivity index (χ3v) is 5.28. The molecule has 1 aliphatic carbocycles. The van der Waals surface area contributed by atoms with Crippen LogP contribution < -0.4 is 10.9 Å². The molecule has 10 nitrogen and oxygen atoms in total. The SMILES string of the molecule is CC(C)c1nn(CC(=O)Nc2ccc3nc(C#N)cn3c2)c(=O)c2cc(C3CC3)nn12. The zero-order chi connectivity index (χ0) is 21.7. The summed E-state index contributed by atoms with van der Waals surface area (Å²) in [4.78, 5) is 29.8.